The lowest BCUT2D eigenvalue weighted by Crippen LogP contribution is -2.44. The van der Waals surface area contributed by atoms with E-state index in [9.17, 15) is 0 Å². The second-order valence-corrected chi connectivity index (χ2v) is 7.55. The number of nitrogens with one attached hydrogen (secondary N) is 2. The standard InChI is InChI=1S/C22H30ClN5O2.HI/c1-4-12-30-19-8-7-16(13-20(19)29-3)14-26-22(24-2)27-17-9-11-28(15-17)21-18(23)6-5-10-25-21;/h5-8,10,13,17H,4,9,11-12,14-15H2,1-3H3,(H2,24,26,27);1H. The fraction of sp³-hybridized carbons (Fsp3) is 0.455. The summed E-state index contributed by atoms with van der Waals surface area (Å²) < 4.78 is 11.2. The zero-order chi connectivity index (χ0) is 21.3. The molecule has 0 spiro atoms. The quantitative estimate of drug-likeness (QED) is 0.288. The first-order valence-corrected chi connectivity index (χ1v) is 10.6. The number of anilines is 1. The number of guanidine groups is 1. The van der Waals surface area contributed by atoms with Gasteiger partial charge in [-0.15, -0.1) is 24.0 Å². The Labute approximate surface area is 206 Å². The third-order valence-corrected chi connectivity index (χ3v) is 5.24. The van der Waals surface area contributed by atoms with Crippen LogP contribution in [0.25, 0.3) is 0 Å². The summed E-state index contributed by atoms with van der Waals surface area (Å²) in [7, 11) is 3.44. The van der Waals surface area contributed by atoms with Crippen LogP contribution in [-0.2, 0) is 6.54 Å². The highest BCUT2D eigenvalue weighted by Crippen LogP contribution is 2.28. The van der Waals surface area contributed by atoms with Crippen molar-refractivity contribution in [2.75, 3.05) is 38.8 Å². The molecule has 170 valence electrons. The number of pyridine rings is 1. The first-order valence-electron chi connectivity index (χ1n) is 10.3. The molecule has 0 bridgehead atoms. The fourth-order valence-corrected chi connectivity index (χ4v) is 3.65. The van der Waals surface area contributed by atoms with Gasteiger partial charge in [-0.2, -0.15) is 0 Å². The molecule has 1 atom stereocenters. The number of aliphatic imine (C=N–C) groups is 1. The second kappa shape index (κ2) is 12.8. The van der Waals surface area contributed by atoms with Crippen molar-refractivity contribution in [3.05, 3.63) is 47.1 Å². The number of rotatable bonds is 8. The van der Waals surface area contributed by atoms with Gasteiger partial charge in [0.2, 0.25) is 0 Å². The van der Waals surface area contributed by atoms with Crippen molar-refractivity contribution in [3.63, 3.8) is 0 Å². The number of hydrogen-bond acceptors (Lipinski definition) is 5. The summed E-state index contributed by atoms with van der Waals surface area (Å²) in [6, 6.07) is 9.97. The SMILES string of the molecule is CCCOc1ccc(CNC(=NC)NC2CCN(c3ncccc3Cl)C2)cc1OC.I. The van der Waals surface area contributed by atoms with Crippen molar-refractivity contribution >= 4 is 47.4 Å². The summed E-state index contributed by atoms with van der Waals surface area (Å²) in [5.74, 6) is 3.11. The van der Waals surface area contributed by atoms with Gasteiger partial charge < -0.3 is 25.0 Å². The molecule has 1 aromatic heterocycles. The average Bonchev–Trinajstić information content (AvgIpc) is 3.23. The van der Waals surface area contributed by atoms with E-state index in [0.29, 0.717) is 18.2 Å². The minimum atomic E-state index is 0. The molecule has 2 heterocycles. The lowest BCUT2D eigenvalue weighted by Gasteiger charge is -2.20. The van der Waals surface area contributed by atoms with Gasteiger partial charge in [0.1, 0.15) is 5.82 Å². The maximum atomic E-state index is 6.29. The number of halogens is 2. The van der Waals surface area contributed by atoms with E-state index in [0.717, 1.165) is 54.8 Å². The minimum Gasteiger partial charge on any atom is -0.493 e. The molecule has 0 amide bonds. The maximum absolute atomic E-state index is 6.29. The van der Waals surface area contributed by atoms with Gasteiger partial charge in [-0.25, -0.2) is 4.98 Å². The summed E-state index contributed by atoms with van der Waals surface area (Å²) in [6.07, 6.45) is 3.72. The summed E-state index contributed by atoms with van der Waals surface area (Å²) in [4.78, 5) is 11.0. The lowest BCUT2D eigenvalue weighted by molar-refractivity contribution is 0.294. The van der Waals surface area contributed by atoms with Crippen LogP contribution >= 0.6 is 35.6 Å². The van der Waals surface area contributed by atoms with Crippen LogP contribution in [0.4, 0.5) is 5.82 Å². The van der Waals surface area contributed by atoms with Crippen LogP contribution in [0.5, 0.6) is 11.5 Å². The molecule has 3 rings (SSSR count). The number of aromatic nitrogens is 1. The van der Waals surface area contributed by atoms with Crippen molar-refractivity contribution in [1.82, 2.24) is 15.6 Å². The molecule has 0 saturated carbocycles. The van der Waals surface area contributed by atoms with Gasteiger partial charge in [0, 0.05) is 38.9 Å². The van der Waals surface area contributed by atoms with E-state index in [4.69, 9.17) is 21.1 Å². The summed E-state index contributed by atoms with van der Waals surface area (Å²) in [6.45, 7) is 5.12. The second-order valence-electron chi connectivity index (χ2n) is 7.14. The average molecular weight is 560 g/mol. The Kier molecular flexibility index (Phi) is 10.5. The van der Waals surface area contributed by atoms with Crippen molar-refractivity contribution in [3.8, 4) is 11.5 Å². The van der Waals surface area contributed by atoms with Crippen LogP contribution in [0.1, 0.15) is 25.3 Å². The Morgan fingerprint density at radius 1 is 1.32 bits per heavy atom. The molecule has 2 N–H and O–H groups in total. The molecule has 1 fully saturated rings. The zero-order valence-corrected chi connectivity index (χ0v) is 21.3. The third kappa shape index (κ3) is 7.03. The Morgan fingerprint density at radius 2 is 2.16 bits per heavy atom. The van der Waals surface area contributed by atoms with Gasteiger partial charge in [-0.05, 0) is 42.7 Å². The molecule has 1 aliphatic rings. The predicted octanol–water partition coefficient (Wildman–Crippen LogP) is 4.09. The molecule has 31 heavy (non-hydrogen) atoms. The largest absolute Gasteiger partial charge is 0.493 e. The van der Waals surface area contributed by atoms with Gasteiger partial charge in [0.05, 0.1) is 18.7 Å². The molecular formula is C22H31ClIN5O2. The van der Waals surface area contributed by atoms with E-state index in [1.54, 1.807) is 20.4 Å². The summed E-state index contributed by atoms with van der Waals surface area (Å²) >= 11 is 6.29. The first kappa shape index (κ1) is 25.3. The molecule has 2 aromatic rings. The van der Waals surface area contributed by atoms with Crippen LogP contribution < -0.4 is 25.0 Å². The maximum Gasteiger partial charge on any atom is 0.191 e. The minimum absolute atomic E-state index is 0. The molecule has 0 radical (unpaired) electrons. The summed E-state index contributed by atoms with van der Waals surface area (Å²) in [5.41, 5.74) is 1.09. The third-order valence-electron chi connectivity index (χ3n) is 4.94. The molecule has 1 unspecified atom stereocenters. The molecule has 1 saturated heterocycles. The molecule has 7 nitrogen and oxygen atoms in total. The lowest BCUT2D eigenvalue weighted by atomic mass is 10.2. The van der Waals surface area contributed by atoms with E-state index in [2.05, 4.69) is 32.4 Å². The van der Waals surface area contributed by atoms with Crippen molar-refractivity contribution in [2.24, 2.45) is 4.99 Å². The van der Waals surface area contributed by atoms with Crippen LogP contribution in [0.15, 0.2) is 41.5 Å². The fourth-order valence-electron chi connectivity index (χ4n) is 3.41. The first-order chi connectivity index (χ1) is 14.6. The predicted molar refractivity (Wildman–Crippen MR) is 137 cm³/mol. The van der Waals surface area contributed by atoms with Crippen molar-refractivity contribution in [1.29, 1.82) is 0 Å². The van der Waals surface area contributed by atoms with Gasteiger partial charge in [0.25, 0.3) is 0 Å². The van der Waals surface area contributed by atoms with Crippen LogP contribution in [0.3, 0.4) is 0 Å². The Hall–Kier alpha value is -1.94. The topological polar surface area (TPSA) is 71.0 Å². The molecule has 0 aliphatic carbocycles. The van der Waals surface area contributed by atoms with E-state index in [1.165, 1.54) is 0 Å². The highest BCUT2D eigenvalue weighted by molar-refractivity contribution is 14.0. The van der Waals surface area contributed by atoms with Crippen molar-refractivity contribution in [2.45, 2.75) is 32.4 Å². The van der Waals surface area contributed by atoms with Gasteiger partial charge in [-0.3, -0.25) is 4.99 Å². The number of hydrogen-bond donors (Lipinski definition) is 2. The monoisotopic (exact) mass is 559 g/mol. The number of nitrogens with zero attached hydrogens (tertiary/aromatic N) is 3. The van der Waals surface area contributed by atoms with Gasteiger partial charge in [-0.1, -0.05) is 24.6 Å². The van der Waals surface area contributed by atoms with E-state index in [1.807, 2.05) is 30.3 Å². The zero-order valence-electron chi connectivity index (χ0n) is 18.2. The van der Waals surface area contributed by atoms with Crippen LogP contribution in [0, 0.1) is 0 Å². The van der Waals surface area contributed by atoms with E-state index in [-0.39, 0.29) is 30.0 Å². The van der Waals surface area contributed by atoms with E-state index < -0.39 is 0 Å². The Morgan fingerprint density at radius 3 is 2.87 bits per heavy atom. The van der Waals surface area contributed by atoms with Gasteiger partial charge in [0.15, 0.2) is 17.5 Å². The van der Waals surface area contributed by atoms with Crippen LogP contribution in [-0.4, -0.2) is 50.8 Å². The highest BCUT2D eigenvalue weighted by atomic mass is 127. The molecular weight excluding hydrogens is 529 g/mol. The highest BCUT2D eigenvalue weighted by Gasteiger charge is 2.25. The normalized spacial score (nSPS) is 15.9. The van der Waals surface area contributed by atoms with Crippen LogP contribution in [0.2, 0.25) is 5.02 Å². The molecule has 1 aromatic carbocycles. The number of benzene rings is 1. The molecule has 1 aliphatic heterocycles. The Bertz CT molecular complexity index is 868. The van der Waals surface area contributed by atoms with Crippen molar-refractivity contribution < 1.29 is 9.47 Å². The smallest absolute Gasteiger partial charge is 0.191 e. The van der Waals surface area contributed by atoms with E-state index >= 15 is 0 Å². The Balaban J connectivity index is 0.00000341. The van der Waals surface area contributed by atoms with Gasteiger partial charge >= 0.3 is 0 Å². The summed E-state index contributed by atoms with van der Waals surface area (Å²) in [5, 5.41) is 7.55. The molecule has 9 heteroatoms. The number of methoxy groups -OCH3 is 1. The number of ether oxygens (including phenoxy) is 2.